The minimum absolute atomic E-state index is 0.0208. The number of guanidine groups is 1. The van der Waals surface area contributed by atoms with Gasteiger partial charge in [-0.1, -0.05) is 6.07 Å². The number of hydrogen-bond donors (Lipinski definition) is 3. The summed E-state index contributed by atoms with van der Waals surface area (Å²) in [7, 11) is 3.45. The fourth-order valence-corrected chi connectivity index (χ4v) is 3.15. The first-order valence-corrected chi connectivity index (χ1v) is 9.90. The van der Waals surface area contributed by atoms with Gasteiger partial charge in [0, 0.05) is 62.6 Å². The first-order valence-electron chi connectivity index (χ1n) is 9.90. The summed E-state index contributed by atoms with van der Waals surface area (Å²) >= 11 is 0. The number of benzene rings is 1. The van der Waals surface area contributed by atoms with Crippen LogP contribution < -0.4 is 10.6 Å². The predicted octanol–water partition coefficient (Wildman–Crippen LogP) is 2.11. The van der Waals surface area contributed by atoms with Crippen molar-refractivity contribution in [3.8, 4) is 0 Å². The van der Waals surface area contributed by atoms with Gasteiger partial charge in [-0.2, -0.15) is 0 Å². The monoisotopic (exact) mass is 410 g/mol. The smallest absolute Gasteiger partial charge is 0.241 e. The molecular formula is C22H27FN6O. The maximum absolute atomic E-state index is 13.3. The molecular weight excluding hydrogens is 383 g/mol. The zero-order valence-corrected chi connectivity index (χ0v) is 17.3. The second-order valence-corrected chi connectivity index (χ2v) is 6.99. The van der Waals surface area contributed by atoms with Crippen molar-refractivity contribution in [2.24, 2.45) is 4.99 Å². The Hall–Kier alpha value is -3.42. The molecule has 0 aliphatic rings. The van der Waals surface area contributed by atoms with Gasteiger partial charge in [-0.15, -0.1) is 0 Å². The average molecular weight is 410 g/mol. The zero-order valence-electron chi connectivity index (χ0n) is 17.3. The fraction of sp³-hybridized carbons (Fsp3) is 0.318. The van der Waals surface area contributed by atoms with Gasteiger partial charge in [0.05, 0.1) is 6.54 Å². The SMILES string of the molecule is CN=C(NCCc1c[nH]c2cc(F)ccc12)NCC(=O)N(C)CCc1ccccn1. The Morgan fingerprint density at radius 2 is 2.10 bits per heavy atom. The molecule has 2 heterocycles. The molecule has 2 aromatic heterocycles. The molecule has 0 unspecified atom stereocenters. The van der Waals surface area contributed by atoms with E-state index in [4.69, 9.17) is 0 Å². The molecule has 0 saturated heterocycles. The summed E-state index contributed by atoms with van der Waals surface area (Å²) in [5.74, 6) is 0.285. The van der Waals surface area contributed by atoms with E-state index in [0.29, 0.717) is 25.5 Å². The van der Waals surface area contributed by atoms with Crippen molar-refractivity contribution in [1.82, 2.24) is 25.5 Å². The highest BCUT2D eigenvalue weighted by Gasteiger charge is 2.10. The summed E-state index contributed by atoms with van der Waals surface area (Å²) in [4.78, 5) is 25.5. The molecule has 0 aliphatic heterocycles. The number of H-pyrrole nitrogens is 1. The van der Waals surface area contributed by atoms with Gasteiger partial charge in [0.15, 0.2) is 5.96 Å². The largest absolute Gasteiger partial charge is 0.361 e. The fourth-order valence-electron chi connectivity index (χ4n) is 3.15. The van der Waals surface area contributed by atoms with E-state index in [0.717, 1.165) is 28.6 Å². The summed E-state index contributed by atoms with van der Waals surface area (Å²) in [6.45, 7) is 1.39. The van der Waals surface area contributed by atoms with Crippen LogP contribution in [-0.4, -0.2) is 60.5 Å². The Balaban J connectivity index is 1.41. The van der Waals surface area contributed by atoms with Gasteiger partial charge in [-0.05, 0) is 42.3 Å². The van der Waals surface area contributed by atoms with Gasteiger partial charge >= 0.3 is 0 Å². The van der Waals surface area contributed by atoms with E-state index >= 15 is 0 Å². The number of halogens is 1. The Kier molecular flexibility index (Phi) is 7.37. The molecule has 1 amide bonds. The lowest BCUT2D eigenvalue weighted by Crippen LogP contribution is -2.44. The lowest BCUT2D eigenvalue weighted by Gasteiger charge is -2.18. The lowest BCUT2D eigenvalue weighted by atomic mass is 10.1. The highest BCUT2D eigenvalue weighted by molar-refractivity contribution is 5.86. The van der Waals surface area contributed by atoms with Gasteiger partial charge < -0.3 is 20.5 Å². The van der Waals surface area contributed by atoms with Crippen LogP contribution in [0.5, 0.6) is 0 Å². The van der Waals surface area contributed by atoms with E-state index in [1.54, 1.807) is 31.3 Å². The third kappa shape index (κ3) is 5.79. The third-order valence-electron chi connectivity index (χ3n) is 4.90. The number of aromatic amines is 1. The number of rotatable bonds is 8. The van der Waals surface area contributed by atoms with Gasteiger partial charge in [0.25, 0.3) is 0 Å². The molecule has 3 aromatic rings. The molecule has 0 fully saturated rings. The second kappa shape index (κ2) is 10.4. The number of carbonyl (C=O) groups is 1. The summed E-state index contributed by atoms with van der Waals surface area (Å²) < 4.78 is 13.3. The van der Waals surface area contributed by atoms with E-state index in [-0.39, 0.29) is 18.3 Å². The van der Waals surface area contributed by atoms with Crippen LogP contribution >= 0.6 is 0 Å². The normalized spacial score (nSPS) is 11.5. The van der Waals surface area contributed by atoms with Crippen LogP contribution in [0.1, 0.15) is 11.3 Å². The molecule has 30 heavy (non-hydrogen) atoms. The van der Waals surface area contributed by atoms with Crippen LogP contribution in [0.25, 0.3) is 10.9 Å². The molecule has 0 bridgehead atoms. The Morgan fingerprint density at radius 1 is 1.23 bits per heavy atom. The molecule has 8 heteroatoms. The Bertz CT molecular complexity index is 1000. The molecule has 0 radical (unpaired) electrons. The van der Waals surface area contributed by atoms with Crippen molar-refractivity contribution in [2.45, 2.75) is 12.8 Å². The van der Waals surface area contributed by atoms with Gasteiger partial charge in [-0.25, -0.2) is 4.39 Å². The third-order valence-corrected chi connectivity index (χ3v) is 4.90. The standard InChI is InChI=1S/C22H27FN6O/c1-24-22(26-11-8-16-14-27-20-13-17(23)6-7-19(16)20)28-15-21(30)29(2)12-9-18-5-3-4-10-25-18/h3-7,10,13-14,27H,8-9,11-12,15H2,1-2H3,(H2,24,26,28). The van der Waals surface area contributed by atoms with E-state index in [9.17, 15) is 9.18 Å². The second-order valence-electron chi connectivity index (χ2n) is 6.99. The van der Waals surface area contributed by atoms with E-state index in [1.807, 2.05) is 24.4 Å². The molecule has 3 N–H and O–H groups in total. The maximum atomic E-state index is 13.3. The first kappa shape index (κ1) is 21.3. The van der Waals surface area contributed by atoms with Crippen LogP contribution in [0.15, 0.2) is 53.8 Å². The molecule has 0 atom stereocenters. The number of carbonyl (C=O) groups excluding carboxylic acids is 1. The average Bonchev–Trinajstić information content (AvgIpc) is 3.16. The van der Waals surface area contributed by atoms with Crippen molar-refractivity contribution in [1.29, 1.82) is 0 Å². The predicted molar refractivity (Wildman–Crippen MR) is 117 cm³/mol. The summed E-state index contributed by atoms with van der Waals surface area (Å²) in [6, 6.07) is 10.5. The van der Waals surface area contributed by atoms with E-state index in [1.165, 1.54) is 12.1 Å². The van der Waals surface area contributed by atoms with E-state index in [2.05, 4.69) is 25.6 Å². The Morgan fingerprint density at radius 3 is 2.87 bits per heavy atom. The number of nitrogens with one attached hydrogen (secondary N) is 3. The highest BCUT2D eigenvalue weighted by Crippen LogP contribution is 2.19. The van der Waals surface area contributed by atoms with Gasteiger partial charge in [0.2, 0.25) is 5.91 Å². The number of likely N-dealkylation sites (N-methyl/N-ethyl adjacent to an activating group) is 1. The van der Waals surface area contributed by atoms with Crippen molar-refractivity contribution < 1.29 is 9.18 Å². The van der Waals surface area contributed by atoms with Crippen LogP contribution in [0.4, 0.5) is 4.39 Å². The van der Waals surface area contributed by atoms with Crippen LogP contribution in [0.3, 0.4) is 0 Å². The van der Waals surface area contributed by atoms with Gasteiger partial charge in [0.1, 0.15) is 5.82 Å². The number of hydrogen-bond acceptors (Lipinski definition) is 3. The minimum Gasteiger partial charge on any atom is -0.361 e. The van der Waals surface area contributed by atoms with Crippen molar-refractivity contribution >= 4 is 22.8 Å². The minimum atomic E-state index is -0.256. The number of pyridine rings is 1. The van der Waals surface area contributed by atoms with Gasteiger partial charge in [-0.3, -0.25) is 14.8 Å². The molecule has 0 aliphatic carbocycles. The molecule has 7 nitrogen and oxygen atoms in total. The first-order chi connectivity index (χ1) is 14.6. The summed E-state index contributed by atoms with van der Waals surface area (Å²) in [5.41, 5.74) is 2.84. The number of aliphatic imine (C=N–C) groups is 1. The topological polar surface area (TPSA) is 85.4 Å². The van der Waals surface area contributed by atoms with E-state index < -0.39 is 0 Å². The molecule has 1 aromatic carbocycles. The summed E-state index contributed by atoms with van der Waals surface area (Å²) in [5, 5.41) is 7.26. The Labute approximate surface area is 175 Å². The van der Waals surface area contributed by atoms with Crippen LogP contribution in [0, 0.1) is 5.82 Å². The number of amides is 1. The number of nitrogens with zero attached hydrogens (tertiary/aromatic N) is 3. The number of fused-ring (bicyclic) bond motifs is 1. The molecule has 0 saturated carbocycles. The van der Waals surface area contributed by atoms with Crippen molar-refractivity contribution in [3.05, 3.63) is 65.9 Å². The van der Waals surface area contributed by atoms with Crippen molar-refractivity contribution in [2.75, 3.05) is 33.7 Å². The quantitative estimate of drug-likeness (QED) is 0.392. The lowest BCUT2D eigenvalue weighted by molar-refractivity contribution is -0.128. The highest BCUT2D eigenvalue weighted by atomic mass is 19.1. The molecule has 158 valence electrons. The zero-order chi connectivity index (χ0) is 21.3. The van der Waals surface area contributed by atoms with Crippen LogP contribution in [-0.2, 0) is 17.6 Å². The molecule has 3 rings (SSSR count). The summed E-state index contributed by atoms with van der Waals surface area (Å²) in [6.07, 6.45) is 5.10. The van der Waals surface area contributed by atoms with Crippen LogP contribution in [0.2, 0.25) is 0 Å². The number of aromatic nitrogens is 2. The maximum Gasteiger partial charge on any atom is 0.241 e. The van der Waals surface area contributed by atoms with Crippen molar-refractivity contribution in [3.63, 3.8) is 0 Å². The molecule has 0 spiro atoms.